The summed E-state index contributed by atoms with van der Waals surface area (Å²) in [6.07, 6.45) is 0.0717. The highest BCUT2D eigenvalue weighted by Gasteiger charge is 2.10. The van der Waals surface area contributed by atoms with Crippen molar-refractivity contribution in [1.29, 1.82) is 0 Å². The molecule has 19 heavy (non-hydrogen) atoms. The van der Waals surface area contributed by atoms with Gasteiger partial charge in [0, 0.05) is 12.0 Å². The van der Waals surface area contributed by atoms with E-state index in [4.69, 9.17) is 5.73 Å². The quantitative estimate of drug-likeness (QED) is 0.690. The van der Waals surface area contributed by atoms with Crippen LogP contribution in [0.2, 0.25) is 0 Å². The molecule has 0 radical (unpaired) electrons. The topological polar surface area (TPSA) is 43.1 Å². The van der Waals surface area contributed by atoms with Crippen LogP contribution in [0.5, 0.6) is 0 Å². The molecule has 0 aliphatic rings. The van der Waals surface area contributed by atoms with E-state index in [1.54, 1.807) is 0 Å². The molecule has 2 nitrogen and oxygen atoms in total. The third-order valence-electron chi connectivity index (χ3n) is 2.67. The van der Waals surface area contributed by atoms with Crippen LogP contribution < -0.4 is 5.73 Å². The van der Waals surface area contributed by atoms with Crippen LogP contribution in [0, 0.1) is 11.6 Å². The number of hydrogen-bond donors (Lipinski definition) is 1. The molecule has 0 saturated carbocycles. The van der Waals surface area contributed by atoms with E-state index < -0.39 is 11.6 Å². The fourth-order valence-electron chi connectivity index (χ4n) is 1.64. The van der Waals surface area contributed by atoms with Crippen molar-refractivity contribution in [2.24, 2.45) is 0 Å². The minimum Gasteiger partial charge on any atom is -0.396 e. The number of hydrogen-bond acceptors (Lipinski definition) is 2. The maximum absolute atomic E-state index is 13.3. The minimum absolute atomic E-state index is 0.000997. The summed E-state index contributed by atoms with van der Waals surface area (Å²) in [5.41, 5.74) is 6.24. The van der Waals surface area contributed by atoms with Gasteiger partial charge >= 0.3 is 0 Å². The summed E-state index contributed by atoms with van der Waals surface area (Å²) in [7, 11) is 0. The summed E-state index contributed by atoms with van der Waals surface area (Å²) in [6, 6.07) is 8.25. The van der Waals surface area contributed by atoms with Crippen molar-refractivity contribution in [2.45, 2.75) is 6.42 Å². The van der Waals surface area contributed by atoms with Gasteiger partial charge in [0.15, 0.2) is 5.78 Å². The third-order valence-corrected chi connectivity index (χ3v) is 3.28. The summed E-state index contributed by atoms with van der Waals surface area (Å²) >= 11 is 3.05. The van der Waals surface area contributed by atoms with Crippen LogP contribution in [0.25, 0.3) is 0 Å². The molecular weight excluding hydrogens is 316 g/mol. The number of benzene rings is 2. The fraction of sp³-hybridized carbons (Fsp3) is 0.0714. The number of nitrogen functional groups attached to an aromatic ring is 1. The first-order chi connectivity index (χ1) is 8.97. The summed E-state index contributed by atoms with van der Waals surface area (Å²) in [5.74, 6) is -1.27. The Morgan fingerprint density at radius 3 is 2.47 bits per heavy atom. The van der Waals surface area contributed by atoms with E-state index >= 15 is 0 Å². The molecule has 0 atom stereocenters. The van der Waals surface area contributed by atoms with E-state index in [2.05, 4.69) is 15.9 Å². The lowest BCUT2D eigenvalue weighted by Gasteiger charge is -2.04. The van der Waals surface area contributed by atoms with Crippen LogP contribution in [-0.2, 0) is 6.42 Å². The Hall–Kier alpha value is -1.75. The van der Waals surface area contributed by atoms with Crippen molar-refractivity contribution in [3.8, 4) is 0 Å². The Labute approximate surface area is 117 Å². The second-order valence-corrected chi connectivity index (χ2v) is 4.94. The van der Waals surface area contributed by atoms with Crippen molar-refractivity contribution in [1.82, 2.24) is 0 Å². The molecule has 5 heteroatoms. The van der Waals surface area contributed by atoms with E-state index in [-0.39, 0.29) is 23.5 Å². The molecule has 2 aromatic rings. The number of carbonyl (C=O) groups is 1. The summed E-state index contributed by atoms with van der Waals surface area (Å²) in [4.78, 5) is 12.0. The Morgan fingerprint density at radius 1 is 1.11 bits per heavy atom. The lowest BCUT2D eigenvalue weighted by Crippen LogP contribution is -2.05. The molecule has 98 valence electrons. The molecule has 0 spiro atoms. The second kappa shape index (κ2) is 5.48. The average molecular weight is 326 g/mol. The standard InChI is InChI=1S/C14H10BrF2NO/c15-10-5-8(1-3-11(10)16)6-14(19)9-2-4-13(18)12(17)7-9/h1-5,7H,6,18H2. The maximum Gasteiger partial charge on any atom is 0.167 e. The Kier molecular flexibility index (Phi) is 3.95. The van der Waals surface area contributed by atoms with Gasteiger partial charge in [0.2, 0.25) is 0 Å². The van der Waals surface area contributed by atoms with Gasteiger partial charge in [0.05, 0.1) is 10.2 Å². The van der Waals surface area contributed by atoms with Crippen molar-refractivity contribution in [3.63, 3.8) is 0 Å². The number of Topliss-reactive ketones (excluding diaryl/α,β-unsaturated/α-hetero) is 1. The number of rotatable bonds is 3. The normalized spacial score (nSPS) is 10.5. The van der Waals surface area contributed by atoms with Crippen LogP contribution in [0.1, 0.15) is 15.9 Å². The van der Waals surface area contributed by atoms with Gasteiger partial charge in [-0.25, -0.2) is 8.78 Å². The number of halogens is 3. The number of anilines is 1. The van der Waals surface area contributed by atoms with E-state index in [0.29, 0.717) is 10.0 Å². The van der Waals surface area contributed by atoms with Gasteiger partial charge in [-0.15, -0.1) is 0 Å². The molecule has 0 unspecified atom stereocenters. The number of carbonyl (C=O) groups excluding carboxylic acids is 1. The summed E-state index contributed by atoms with van der Waals surface area (Å²) < 4.78 is 26.6. The molecule has 0 aliphatic carbocycles. The summed E-state index contributed by atoms with van der Waals surface area (Å²) in [5, 5.41) is 0. The molecule has 0 amide bonds. The van der Waals surface area contributed by atoms with Crippen LogP contribution in [-0.4, -0.2) is 5.78 Å². The first-order valence-electron chi connectivity index (χ1n) is 5.49. The van der Waals surface area contributed by atoms with Crippen LogP contribution in [0.3, 0.4) is 0 Å². The van der Waals surface area contributed by atoms with Gasteiger partial charge in [-0.2, -0.15) is 0 Å². The van der Waals surface area contributed by atoms with E-state index in [1.165, 1.54) is 30.3 Å². The molecule has 0 saturated heterocycles. The van der Waals surface area contributed by atoms with Crippen LogP contribution in [0.15, 0.2) is 40.9 Å². The monoisotopic (exact) mass is 325 g/mol. The molecule has 0 heterocycles. The van der Waals surface area contributed by atoms with Crippen LogP contribution >= 0.6 is 15.9 Å². The highest BCUT2D eigenvalue weighted by atomic mass is 79.9. The first-order valence-corrected chi connectivity index (χ1v) is 6.29. The molecule has 2 rings (SSSR count). The largest absolute Gasteiger partial charge is 0.396 e. The molecule has 0 aromatic heterocycles. The van der Waals surface area contributed by atoms with Crippen molar-refractivity contribution in [2.75, 3.05) is 5.73 Å². The number of nitrogens with two attached hydrogens (primary N) is 1. The lowest BCUT2D eigenvalue weighted by molar-refractivity contribution is 0.0992. The van der Waals surface area contributed by atoms with Crippen LogP contribution in [0.4, 0.5) is 14.5 Å². The highest BCUT2D eigenvalue weighted by Crippen LogP contribution is 2.19. The second-order valence-electron chi connectivity index (χ2n) is 4.08. The van der Waals surface area contributed by atoms with Gasteiger partial charge in [0.25, 0.3) is 0 Å². The van der Waals surface area contributed by atoms with Gasteiger partial charge in [-0.1, -0.05) is 6.07 Å². The maximum atomic E-state index is 13.3. The zero-order chi connectivity index (χ0) is 14.0. The van der Waals surface area contributed by atoms with E-state index in [0.717, 1.165) is 6.07 Å². The fourth-order valence-corrected chi connectivity index (χ4v) is 2.06. The molecule has 2 N–H and O–H groups in total. The molecule has 0 bridgehead atoms. The van der Waals surface area contributed by atoms with E-state index in [9.17, 15) is 13.6 Å². The first kappa shape index (κ1) is 13.7. The van der Waals surface area contributed by atoms with Gasteiger partial charge < -0.3 is 5.73 Å². The lowest BCUT2D eigenvalue weighted by atomic mass is 10.0. The third kappa shape index (κ3) is 3.17. The Morgan fingerprint density at radius 2 is 1.84 bits per heavy atom. The zero-order valence-electron chi connectivity index (χ0n) is 9.79. The van der Waals surface area contributed by atoms with Crippen molar-refractivity contribution >= 4 is 27.4 Å². The smallest absolute Gasteiger partial charge is 0.167 e. The molecule has 0 fully saturated rings. The predicted molar refractivity (Wildman–Crippen MR) is 72.9 cm³/mol. The molecule has 2 aromatic carbocycles. The summed E-state index contributed by atoms with van der Waals surface area (Å²) in [6.45, 7) is 0. The zero-order valence-corrected chi connectivity index (χ0v) is 11.4. The average Bonchev–Trinajstić information content (AvgIpc) is 2.37. The van der Waals surface area contributed by atoms with Crippen molar-refractivity contribution in [3.05, 3.63) is 63.6 Å². The van der Waals surface area contributed by atoms with Gasteiger partial charge in [-0.05, 0) is 51.8 Å². The molecule has 0 aliphatic heterocycles. The number of ketones is 1. The Balaban J connectivity index is 2.20. The highest BCUT2D eigenvalue weighted by molar-refractivity contribution is 9.10. The van der Waals surface area contributed by atoms with Gasteiger partial charge in [-0.3, -0.25) is 4.79 Å². The SMILES string of the molecule is Nc1ccc(C(=O)Cc2ccc(F)c(Br)c2)cc1F. The van der Waals surface area contributed by atoms with Crippen molar-refractivity contribution < 1.29 is 13.6 Å². The predicted octanol–water partition coefficient (Wildman–Crippen LogP) is 3.73. The minimum atomic E-state index is -0.619. The molecular formula is C14H10BrF2NO. The van der Waals surface area contributed by atoms with Gasteiger partial charge in [0.1, 0.15) is 11.6 Å². The Bertz CT molecular complexity index is 643. The van der Waals surface area contributed by atoms with E-state index in [1.807, 2.05) is 0 Å².